The summed E-state index contributed by atoms with van der Waals surface area (Å²) in [7, 11) is 0. The summed E-state index contributed by atoms with van der Waals surface area (Å²) < 4.78 is 13.3. The lowest BCUT2D eigenvalue weighted by Gasteiger charge is -2.18. The van der Waals surface area contributed by atoms with Gasteiger partial charge in [-0.2, -0.15) is 0 Å². The van der Waals surface area contributed by atoms with Crippen LogP contribution in [-0.2, 0) is 0 Å². The molecule has 15 heavy (non-hydrogen) atoms. The maximum absolute atomic E-state index is 13.3. The number of hydrogen-bond donors (Lipinski definition) is 1. The Kier molecular flexibility index (Phi) is 3.97. The van der Waals surface area contributed by atoms with Crippen molar-refractivity contribution >= 4 is 17.3 Å². The molecule has 0 saturated heterocycles. The lowest BCUT2D eigenvalue weighted by molar-refractivity contribution is 0.389. The largest absolute Gasteiger partial charge is 0.383 e. The van der Waals surface area contributed by atoms with Crippen molar-refractivity contribution in [3.05, 3.63) is 29.0 Å². The molecule has 84 valence electrons. The van der Waals surface area contributed by atoms with Gasteiger partial charge in [0.25, 0.3) is 0 Å². The number of halogens is 2. The Morgan fingerprint density at radius 3 is 2.53 bits per heavy atom. The van der Waals surface area contributed by atoms with E-state index in [1.165, 1.54) is 6.07 Å². The van der Waals surface area contributed by atoms with Crippen molar-refractivity contribution < 1.29 is 4.39 Å². The minimum Gasteiger partial charge on any atom is -0.383 e. The molecule has 0 radical (unpaired) electrons. The third kappa shape index (κ3) is 4.52. The van der Waals surface area contributed by atoms with E-state index in [0.717, 1.165) is 13.0 Å². The average Bonchev–Trinajstić information content (AvgIpc) is 2.07. The second-order valence-corrected chi connectivity index (χ2v) is 5.30. The molecule has 3 heteroatoms. The van der Waals surface area contributed by atoms with Crippen molar-refractivity contribution in [2.45, 2.75) is 27.2 Å². The first-order valence-corrected chi connectivity index (χ1v) is 5.45. The van der Waals surface area contributed by atoms with Gasteiger partial charge in [0.05, 0.1) is 5.69 Å². The second kappa shape index (κ2) is 4.84. The van der Waals surface area contributed by atoms with Crippen LogP contribution in [0.25, 0.3) is 0 Å². The molecule has 1 aromatic rings. The van der Waals surface area contributed by atoms with Crippen LogP contribution in [-0.4, -0.2) is 6.54 Å². The Morgan fingerprint density at radius 2 is 2.00 bits per heavy atom. The highest BCUT2D eigenvalue weighted by atomic mass is 35.5. The summed E-state index contributed by atoms with van der Waals surface area (Å²) in [5, 5.41) is 3.49. The zero-order valence-corrected chi connectivity index (χ0v) is 10.2. The van der Waals surface area contributed by atoms with Gasteiger partial charge in [0.2, 0.25) is 0 Å². The summed E-state index contributed by atoms with van der Waals surface area (Å²) in [6.45, 7) is 7.24. The van der Waals surface area contributed by atoms with E-state index in [-0.39, 0.29) is 11.2 Å². The van der Waals surface area contributed by atoms with E-state index in [0.29, 0.717) is 10.7 Å². The Morgan fingerprint density at radius 1 is 1.33 bits per heavy atom. The smallest absolute Gasteiger partial charge is 0.147 e. The van der Waals surface area contributed by atoms with Gasteiger partial charge >= 0.3 is 0 Å². The lowest BCUT2D eigenvalue weighted by Crippen LogP contribution is -2.13. The van der Waals surface area contributed by atoms with Crippen LogP contribution in [0.15, 0.2) is 18.2 Å². The molecular formula is C12H17ClFN. The molecule has 1 rings (SSSR count). The van der Waals surface area contributed by atoms with Gasteiger partial charge in [-0.3, -0.25) is 0 Å². The fourth-order valence-corrected chi connectivity index (χ4v) is 1.36. The zero-order valence-electron chi connectivity index (χ0n) is 9.40. The van der Waals surface area contributed by atoms with Crippen molar-refractivity contribution in [1.82, 2.24) is 0 Å². The number of rotatable bonds is 3. The van der Waals surface area contributed by atoms with Crippen LogP contribution in [0.4, 0.5) is 10.1 Å². The molecular weight excluding hydrogens is 213 g/mol. The SMILES string of the molecule is CC(C)(C)CCNc1ccc(Cl)cc1F. The molecule has 0 bridgehead atoms. The van der Waals surface area contributed by atoms with Gasteiger partial charge in [-0.05, 0) is 30.0 Å². The van der Waals surface area contributed by atoms with Gasteiger partial charge in [-0.25, -0.2) is 4.39 Å². The summed E-state index contributed by atoms with van der Waals surface area (Å²) in [6, 6.07) is 4.67. The van der Waals surface area contributed by atoms with Crippen LogP contribution < -0.4 is 5.32 Å². The number of hydrogen-bond acceptors (Lipinski definition) is 1. The fraction of sp³-hybridized carbons (Fsp3) is 0.500. The highest BCUT2D eigenvalue weighted by Gasteiger charge is 2.09. The Bertz CT molecular complexity index is 331. The predicted molar refractivity (Wildman–Crippen MR) is 64.0 cm³/mol. The molecule has 0 spiro atoms. The molecule has 0 heterocycles. The predicted octanol–water partition coefficient (Wildman–Crippen LogP) is 4.33. The quantitative estimate of drug-likeness (QED) is 0.814. The summed E-state index contributed by atoms with van der Waals surface area (Å²) in [5.41, 5.74) is 0.777. The van der Waals surface area contributed by atoms with Crippen LogP contribution in [0, 0.1) is 11.2 Å². The van der Waals surface area contributed by atoms with Crippen LogP contribution in [0.2, 0.25) is 5.02 Å². The Hall–Kier alpha value is -0.760. The van der Waals surface area contributed by atoms with Gasteiger partial charge in [0, 0.05) is 11.6 Å². The number of anilines is 1. The molecule has 0 aliphatic heterocycles. The van der Waals surface area contributed by atoms with Gasteiger partial charge in [0.1, 0.15) is 5.82 Å². The number of benzene rings is 1. The highest BCUT2D eigenvalue weighted by Crippen LogP contribution is 2.21. The maximum Gasteiger partial charge on any atom is 0.147 e. The van der Waals surface area contributed by atoms with Crippen molar-refractivity contribution in [1.29, 1.82) is 0 Å². The first-order chi connectivity index (χ1) is 6.88. The van der Waals surface area contributed by atoms with E-state index in [9.17, 15) is 4.39 Å². The van der Waals surface area contributed by atoms with Crippen molar-refractivity contribution in [3.63, 3.8) is 0 Å². The van der Waals surface area contributed by atoms with E-state index < -0.39 is 0 Å². The molecule has 0 saturated carbocycles. The first-order valence-electron chi connectivity index (χ1n) is 5.07. The van der Waals surface area contributed by atoms with Gasteiger partial charge in [-0.15, -0.1) is 0 Å². The standard InChI is InChI=1S/C12H17ClFN/c1-12(2,3)6-7-15-11-5-4-9(13)8-10(11)14/h4-5,8,15H,6-7H2,1-3H3. The van der Waals surface area contributed by atoms with E-state index in [4.69, 9.17) is 11.6 Å². The molecule has 0 aliphatic rings. The molecule has 0 amide bonds. The van der Waals surface area contributed by atoms with E-state index in [1.54, 1.807) is 12.1 Å². The second-order valence-electron chi connectivity index (χ2n) is 4.86. The Balaban J connectivity index is 2.51. The van der Waals surface area contributed by atoms with E-state index >= 15 is 0 Å². The van der Waals surface area contributed by atoms with Crippen LogP contribution in [0.3, 0.4) is 0 Å². The average molecular weight is 230 g/mol. The molecule has 0 fully saturated rings. The van der Waals surface area contributed by atoms with E-state index in [1.807, 2.05) is 0 Å². The molecule has 0 aliphatic carbocycles. The third-order valence-electron chi connectivity index (χ3n) is 2.12. The van der Waals surface area contributed by atoms with Gasteiger partial charge in [0.15, 0.2) is 0 Å². The molecule has 1 aromatic carbocycles. The van der Waals surface area contributed by atoms with Crippen LogP contribution in [0.5, 0.6) is 0 Å². The molecule has 0 atom stereocenters. The highest BCUT2D eigenvalue weighted by molar-refractivity contribution is 6.30. The molecule has 1 N–H and O–H groups in total. The van der Waals surface area contributed by atoms with Gasteiger partial charge < -0.3 is 5.32 Å². The molecule has 1 nitrogen and oxygen atoms in total. The summed E-state index contributed by atoms with van der Waals surface area (Å²) >= 11 is 5.66. The monoisotopic (exact) mass is 229 g/mol. The first kappa shape index (κ1) is 12.3. The normalized spacial score (nSPS) is 11.5. The summed E-state index contributed by atoms with van der Waals surface area (Å²) in [6.07, 6.45) is 0.995. The lowest BCUT2D eigenvalue weighted by atomic mass is 9.92. The maximum atomic E-state index is 13.3. The third-order valence-corrected chi connectivity index (χ3v) is 2.36. The van der Waals surface area contributed by atoms with Gasteiger partial charge in [-0.1, -0.05) is 32.4 Å². The minimum atomic E-state index is -0.295. The van der Waals surface area contributed by atoms with E-state index in [2.05, 4.69) is 26.1 Å². The summed E-state index contributed by atoms with van der Waals surface area (Å²) in [4.78, 5) is 0. The molecule has 0 unspecified atom stereocenters. The van der Waals surface area contributed by atoms with Crippen molar-refractivity contribution in [2.24, 2.45) is 5.41 Å². The fourth-order valence-electron chi connectivity index (χ4n) is 1.21. The van der Waals surface area contributed by atoms with Crippen molar-refractivity contribution in [3.8, 4) is 0 Å². The topological polar surface area (TPSA) is 12.0 Å². The molecule has 0 aromatic heterocycles. The van der Waals surface area contributed by atoms with Crippen LogP contribution in [0.1, 0.15) is 27.2 Å². The Labute approximate surface area is 95.6 Å². The van der Waals surface area contributed by atoms with Crippen LogP contribution >= 0.6 is 11.6 Å². The van der Waals surface area contributed by atoms with Crippen molar-refractivity contribution in [2.75, 3.05) is 11.9 Å². The zero-order chi connectivity index (χ0) is 11.5. The summed E-state index contributed by atoms with van der Waals surface area (Å²) in [5.74, 6) is -0.295. The minimum absolute atomic E-state index is 0.260. The number of nitrogens with one attached hydrogen (secondary N) is 1.